The highest BCUT2D eigenvalue weighted by Crippen LogP contribution is 2.16. The van der Waals surface area contributed by atoms with E-state index in [2.05, 4.69) is 25.7 Å². The first-order valence-electron chi connectivity index (χ1n) is 6.90. The van der Waals surface area contributed by atoms with Crippen molar-refractivity contribution >= 4 is 17.6 Å². The van der Waals surface area contributed by atoms with Gasteiger partial charge in [0.2, 0.25) is 5.16 Å². The van der Waals surface area contributed by atoms with E-state index < -0.39 is 0 Å². The number of aromatic nitrogens is 3. The number of nitrogens with zero attached hydrogens (tertiary/aromatic N) is 3. The number of hydroxylamine groups is 1. The molecular weight excluding hydrogens is 286 g/mol. The van der Waals surface area contributed by atoms with E-state index in [1.807, 2.05) is 37.3 Å². The molecule has 2 aromatic rings. The Balaban J connectivity index is 1.52. The molecule has 2 heterocycles. The molecule has 1 atom stereocenters. The van der Waals surface area contributed by atoms with Gasteiger partial charge in [0.25, 0.3) is 0 Å². The summed E-state index contributed by atoms with van der Waals surface area (Å²) in [5, 5.41) is 7.81. The van der Waals surface area contributed by atoms with Crippen LogP contribution in [0.4, 0.5) is 0 Å². The molecular formula is C14H17N5OS. The fourth-order valence-corrected chi connectivity index (χ4v) is 2.70. The van der Waals surface area contributed by atoms with Gasteiger partial charge in [0.1, 0.15) is 11.9 Å². The van der Waals surface area contributed by atoms with E-state index in [0.717, 1.165) is 34.6 Å². The number of hydrogen-bond donors (Lipinski definition) is 2. The van der Waals surface area contributed by atoms with Crippen molar-refractivity contribution in [3.05, 3.63) is 41.7 Å². The SMILES string of the molecule is CCc1nc(SC[C@@H]2CN=C(c3ccccc3)NO2)n[nH]1. The summed E-state index contributed by atoms with van der Waals surface area (Å²) in [7, 11) is 0. The quantitative estimate of drug-likeness (QED) is 0.824. The summed E-state index contributed by atoms with van der Waals surface area (Å²) in [5.74, 6) is 2.45. The van der Waals surface area contributed by atoms with Gasteiger partial charge < -0.3 is 0 Å². The highest BCUT2D eigenvalue weighted by atomic mass is 32.2. The molecule has 0 amide bonds. The van der Waals surface area contributed by atoms with Gasteiger partial charge in [-0.2, -0.15) is 0 Å². The number of hydrogen-bond acceptors (Lipinski definition) is 6. The molecule has 1 aliphatic heterocycles. The van der Waals surface area contributed by atoms with Crippen molar-refractivity contribution in [2.75, 3.05) is 12.3 Å². The maximum absolute atomic E-state index is 5.63. The molecule has 0 bridgehead atoms. The van der Waals surface area contributed by atoms with Crippen LogP contribution >= 0.6 is 11.8 Å². The molecule has 0 saturated carbocycles. The van der Waals surface area contributed by atoms with E-state index in [1.165, 1.54) is 0 Å². The molecule has 1 aliphatic rings. The highest BCUT2D eigenvalue weighted by Gasteiger charge is 2.18. The van der Waals surface area contributed by atoms with E-state index in [4.69, 9.17) is 4.84 Å². The Hall–Kier alpha value is -1.86. The van der Waals surface area contributed by atoms with Crippen LogP contribution in [-0.4, -0.2) is 39.4 Å². The summed E-state index contributed by atoms with van der Waals surface area (Å²) in [4.78, 5) is 14.5. The third-order valence-corrected chi connectivity index (χ3v) is 4.05. The second kappa shape index (κ2) is 6.73. The van der Waals surface area contributed by atoms with Gasteiger partial charge in [-0.15, -0.1) is 5.10 Å². The minimum Gasteiger partial charge on any atom is -0.269 e. The largest absolute Gasteiger partial charge is 0.269 e. The van der Waals surface area contributed by atoms with Gasteiger partial charge in [0, 0.05) is 17.7 Å². The number of nitrogens with one attached hydrogen (secondary N) is 2. The molecule has 0 fully saturated rings. The topological polar surface area (TPSA) is 75.2 Å². The van der Waals surface area contributed by atoms with E-state index >= 15 is 0 Å². The Labute approximate surface area is 127 Å². The van der Waals surface area contributed by atoms with Crippen LogP contribution in [0.5, 0.6) is 0 Å². The number of H-pyrrole nitrogens is 1. The van der Waals surface area contributed by atoms with E-state index in [0.29, 0.717) is 6.54 Å². The summed E-state index contributed by atoms with van der Waals surface area (Å²) in [6.07, 6.45) is 0.880. The summed E-state index contributed by atoms with van der Waals surface area (Å²) >= 11 is 1.57. The fourth-order valence-electron chi connectivity index (χ4n) is 1.90. The molecule has 2 N–H and O–H groups in total. The average Bonchev–Trinajstić information content (AvgIpc) is 3.02. The van der Waals surface area contributed by atoms with E-state index in [9.17, 15) is 0 Å². The minimum atomic E-state index is 0.0195. The van der Waals surface area contributed by atoms with Crippen LogP contribution in [0.1, 0.15) is 18.3 Å². The molecule has 3 rings (SSSR count). The van der Waals surface area contributed by atoms with Crippen molar-refractivity contribution in [2.24, 2.45) is 4.99 Å². The van der Waals surface area contributed by atoms with Crippen LogP contribution in [0.3, 0.4) is 0 Å². The summed E-state index contributed by atoms with van der Waals surface area (Å²) in [5.41, 5.74) is 3.96. The monoisotopic (exact) mass is 303 g/mol. The van der Waals surface area contributed by atoms with Gasteiger partial charge in [-0.1, -0.05) is 49.0 Å². The van der Waals surface area contributed by atoms with Gasteiger partial charge in [-0.25, -0.2) is 10.5 Å². The van der Waals surface area contributed by atoms with Crippen LogP contribution < -0.4 is 5.48 Å². The fraction of sp³-hybridized carbons (Fsp3) is 0.357. The number of aromatic amines is 1. The van der Waals surface area contributed by atoms with Crippen molar-refractivity contribution in [2.45, 2.75) is 24.6 Å². The van der Waals surface area contributed by atoms with Gasteiger partial charge in [0.05, 0.1) is 6.54 Å². The normalized spacial score (nSPS) is 18.1. The molecule has 0 aliphatic carbocycles. The number of amidine groups is 1. The Morgan fingerprint density at radius 1 is 1.33 bits per heavy atom. The molecule has 0 unspecified atom stereocenters. The Morgan fingerprint density at radius 2 is 2.19 bits per heavy atom. The molecule has 6 nitrogen and oxygen atoms in total. The zero-order valence-electron chi connectivity index (χ0n) is 11.7. The van der Waals surface area contributed by atoms with Gasteiger partial charge in [-0.3, -0.25) is 14.9 Å². The number of aliphatic imine (C=N–C) groups is 1. The average molecular weight is 303 g/mol. The van der Waals surface area contributed by atoms with Gasteiger partial charge in [0.15, 0.2) is 5.84 Å². The predicted octanol–water partition coefficient (Wildman–Crippen LogP) is 1.81. The first-order valence-corrected chi connectivity index (χ1v) is 7.89. The summed E-state index contributed by atoms with van der Waals surface area (Å²) in [6, 6.07) is 9.95. The number of benzene rings is 1. The molecule has 7 heteroatoms. The molecule has 21 heavy (non-hydrogen) atoms. The molecule has 0 saturated heterocycles. The first-order chi connectivity index (χ1) is 10.3. The van der Waals surface area contributed by atoms with Crippen molar-refractivity contribution in [3.63, 3.8) is 0 Å². The molecule has 1 aromatic heterocycles. The zero-order valence-corrected chi connectivity index (χ0v) is 12.6. The Bertz CT molecular complexity index is 613. The maximum atomic E-state index is 5.63. The molecule has 0 spiro atoms. The lowest BCUT2D eigenvalue weighted by Gasteiger charge is -2.22. The second-order valence-corrected chi connectivity index (χ2v) is 5.61. The van der Waals surface area contributed by atoms with Crippen molar-refractivity contribution in [1.82, 2.24) is 20.7 Å². The van der Waals surface area contributed by atoms with E-state index in [-0.39, 0.29) is 6.10 Å². The van der Waals surface area contributed by atoms with Gasteiger partial charge in [-0.05, 0) is 0 Å². The second-order valence-electron chi connectivity index (χ2n) is 4.63. The third-order valence-electron chi connectivity index (χ3n) is 3.07. The predicted molar refractivity (Wildman–Crippen MR) is 82.3 cm³/mol. The standard InChI is InChI=1S/C14H17N5OS/c1-2-12-16-14(18-17-12)21-9-11-8-15-13(19-20-11)10-6-4-3-5-7-10/h3-7,11H,2,8-9H2,1H3,(H,15,19)(H,16,17,18)/t11-/m0/s1. The minimum absolute atomic E-state index is 0.0195. The summed E-state index contributed by atoms with van der Waals surface area (Å²) < 4.78 is 0. The number of thioether (sulfide) groups is 1. The van der Waals surface area contributed by atoms with Gasteiger partial charge >= 0.3 is 0 Å². The lowest BCUT2D eigenvalue weighted by Crippen LogP contribution is -2.38. The van der Waals surface area contributed by atoms with Crippen LogP contribution in [0, 0.1) is 0 Å². The molecule has 1 aromatic carbocycles. The maximum Gasteiger partial charge on any atom is 0.208 e. The Kier molecular flexibility index (Phi) is 4.52. The van der Waals surface area contributed by atoms with Crippen molar-refractivity contribution in [3.8, 4) is 0 Å². The highest BCUT2D eigenvalue weighted by molar-refractivity contribution is 7.99. The molecule has 110 valence electrons. The van der Waals surface area contributed by atoms with Crippen LogP contribution in [-0.2, 0) is 11.3 Å². The van der Waals surface area contributed by atoms with Crippen LogP contribution in [0.15, 0.2) is 40.5 Å². The van der Waals surface area contributed by atoms with Crippen LogP contribution in [0.25, 0.3) is 0 Å². The first kappa shape index (κ1) is 14.1. The Morgan fingerprint density at radius 3 is 2.86 bits per heavy atom. The molecule has 0 radical (unpaired) electrons. The zero-order chi connectivity index (χ0) is 14.5. The van der Waals surface area contributed by atoms with Crippen molar-refractivity contribution < 1.29 is 4.84 Å². The third kappa shape index (κ3) is 3.62. The van der Waals surface area contributed by atoms with Crippen LogP contribution in [0.2, 0.25) is 0 Å². The smallest absolute Gasteiger partial charge is 0.208 e. The number of rotatable bonds is 5. The van der Waals surface area contributed by atoms with E-state index in [1.54, 1.807) is 11.8 Å². The summed E-state index contributed by atoms with van der Waals surface area (Å²) in [6.45, 7) is 2.68. The number of aryl methyl sites for hydroxylation is 1. The lowest BCUT2D eigenvalue weighted by molar-refractivity contribution is 0.0212. The van der Waals surface area contributed by atoms with Crippen molar-refractivity contribution in [1.29, 1.82) is 0 Å². The lowest BCUT2D eigenvalue weighted by atomic mass is 10.2.